The van der Waals surface area contributed by atoms with Gasteiger partial charge in [-0.1, -0.05) is 24.3 Å². The lowest BCUT2D eigenvalue weighted by atomic mass is 10.1. The molecule has 6 rings (SSSR count). The van der Waals surface area contributed by atoms with Crippen molar-refractivity contribution in [1.82, 2.24) is 29.9 Å². The molecule has 0 bridgehead atoms. The number of pyridine rings is 1. The molecule has 150 valence electrons. The van der Waals surface area contributed by atoms with E-state index in [9.17, 15) is 4.79 Å². The van der Waals surface area contributed by atoms with Crippen molar-refractivity contribution in [3.63, 3.8) is 0 Å². The van der Waals surface area contributed by atoms with E-state index in [1.54, 1.807) is 0 Å². The van der Waals surface area contributed by atoms with Crippen LogP contribution in [0.2, 0.25) is 0 Å². The highest BCUT2D eigenvalue weighted by Crippen LogP contribution is 2.25. The number of fused-ring (bicyclic) bond motifs is 3. The Labute approximate surface area is 172 Å². The number of aromatic nitrogens is 5. The summed E-state index contributed by atoms with van der Waals surface area (Å²) in [4.78, 5) is 14.8. The summed E-state index contributed by atoms with van der Waals surface area (Å²) in [5.74, 6) is 0.843. The van der Waals surface area contributed by atoms with Crippen LogP contribution in [0, 0.1) is 0 Å². The van der Waals surface area contributed by atoms with E-state index in [-0.39, 0.29) is 5.91 Å². The number of hydrogen-bond acceptors (Lipinski definition) is 5. The number of carbonyl (C=O) groups excluding carboxylic acids is 1. The first-order valence-electron chi connectivity index (χ1n) is 10.2. The third kappa shape index (κ3) is 2.92. The fourth-order valence-electron chi connectivity index (χ4n) is 4.53. The molecule has 0 spiro atoms. The summed E-state index contributed by atoms with van der Waals surface area (Å²) >= 11 is 0. The van der Waals surface area contributed by atoms with Gasteiger partial charge in [-0.15, -0.1) is 0 Å². The summed E-state index contributed by atoms with van der Waals surface area (Å²) in [5.41, 5.74) is 6.18. The number of rotatable bonds is 3. The molecule has 0 unspecified atom stereocenters. The fraction of sp³-hybridized carbons (Fsp3) is 0.273. The Hall–Kier alpha value is -3.68. The predicted molar refractivity (Wildman–Crippen MR) is 111 cm³/mol. The summed E-state index contributed by atoms with van der Waals surface area (Å²) in [7, 11) is 0. The zero-order valence-corrected chi connectivity index (χ0v) is 16.4. The summed E-state index contributed by atoms with van der Waals surface area (Å²) < 4.78 is 1.81. The van der Waals surface area contributed by atoms with Crippen LogP contribution >= 0.6 is 0 Å². The van der Waals surface area contributed by atoms with Crippen LogP contribution in [-0.4, -0.2) is 48.4 Å². The van der Waals surface area contributed by atoms with Gasteiger partial charge in [0, 0.05) is 36.8 Å². The Morgan fingerprint density at radius 3 is 2.70 bits per heavy atom. The van der Waals surface area contributed by atoms with Crippen LogP contribution in [-0.2, 0) is 25.8 Å². The highest BCUT2D eigenvalue weighted by Gasteiger charge is 2.25. The van der Waals surface area contributed by atoms with Crippen molar-refractivity contribution < 1.29 is 4.79 Å². The maximum absolute atomic E-state index is 13.0. The van der Waals surface area contributed by atoms with Crippen LogP contribution < -0.4 is 5.32 Å². The fourth-order valence-corrected chi connectivity index (χ4v) is 4.53. The molecular formula is C22H21N7O. The average Bonchev–Trinajstić information content (AvgIpc) is 3.49. The van der Waals surface area contributed by atoms with Gasteiger partial charge in [0.2, 0.25) is 0 Å². The highest BCUT2D eigenvalue weighted by atomic mass is 16.2. The molecule has 0 saturated carbocycles. The third-order valence-electron chi connectivity index (χ3n) is 6.06. The highest BCUT2D eigenvalue weighted by molar-refractivity contribution is 5.95. The zero-order chi connectivity index (χ0) is 20.1. The average molecular weight is 399 g/mol. The molecule has 1 aliphatic carbocycles. The Morgan fingerprint density at radius 2 is 1.87 bits per heavy atom. The van der Waals surface area contributed by atoms with E-state index in [1.165, 1.54) is 11.1 Å². The molecule has 4 heterocycles. The Balaban J connectivity index is 1.20. The van der Waals surface area contributed by atoms with Gasteiger partial charge in [-0.3, -0.25) is 4.79 Å². The normalized spacial score (nSPS) is 15.9. The summed E-state index contributed by atoms with van der Waals surface area (Å²) in [6, 6.07) is 14.7. The van der Waals surface area contributed by atoms with Crippen molar-refractivity contribution >= 4 is 17.2 Å². The molecule has 30 heavy (non-hydrogen) atoms. The minimum Gasteiger partial charge on any atom is -0.365 e. The number of nitrogens with zero attached hydrogens (tertiary/aromatic N) is 5. The van der Waals surface area contributed by atoms with Gasteiger partial charge in [0.05, 0.1) is 17.8 Å². The third-order valence-corrected chi connectivity index (χ3v) is 6.06. The molecule has 1 aliphatic heterocycles. The van der Waals surface area contributed by atoms with Crippen molar-refractivity contribution in [2.24, 2.45) is 0 Å². The topological polar surface area (TPSA) is 91.2 Å². The van der Waals surface area contributed by atoms with Gasteiger partial charge in [-0.25, -0.2) is 4.52 Å². The van der Waals surface area contributed by atoms with Crippen LogP contribution in [0.25, 0.3) is 5.52 Å². The zero-order valence-electron chi connectivity index (χ0n) is 16.4. The number of nitrogens with one attached hydrogen (secondary N) is 2. The van der Waals surface area contributed by atoms with Crippen LogP contribution in [0.3, 0.4) is 0 Å². The minimum absolute atomic E-state index is 0.00750. The van der Waals surface area contributed by atoms with Crippen molar-refractivity contribution in [3.8, 4) is 0 Å². The minimum atomic E-state index is 0.00750. The van der Waals surface area contributed by atoms with Gasteiger partial charge in [0.15, 0.2) is 0 Å². The lowest BCUT2D eigenvalue weighted by Gasteiger charge is -2.25. The number of anilines is 1. The molecule has 8 heteroatoms. The first kappa shape index (κ1) is 17.2. The second-order valence-corrected chi connectivity index (χ2v) is 8.03. The lowest BCUT2D eigenvalue weighted by Crippen LogP contribution is -2.36. The summed E-state index contributed by atoms with van der Waals surface area (Å²) in [6.45, 7) is 1.14. The summed E-state index contributed by atoms with van der Waals surface area (Å²) in [6.07, 6.45) is 4.59. The van der Waals surface area contributed by atoms with Crippen molar-refractivity contribution in [1.29, 1.82) is 0 Å². The first-order valence-corrected chi connectivity index (χ1v) is 10.2. The van der Waals surface area contributed by atoms with Crippen molar-refractivity contribution in [2.45, 2.75) is 31.8 Å². The molecule has 0 atom stereocenters. The number of amides is 1. The van der Waals surface area contributed by atoms with E-state index in [4.69, 9.17) is 0 Å². The van der Waals surface area contributed by atoms with Crippen LogP contribution in [0.5, 0.6) is 0 Å². The van der Waals surface area contributed by atoms with Gasteiger partial charge in [-0.05, 0) is 36.1 Å². The van der Waals surface area contributed by atoms with Gasteiger partial charge >= 0.3 is 0 Å². The van der Waals surface area contributed by atoms with E-state index in [0.717, 1.165) is 42.0 Å². The molecule has 4 aromatic rings. The van der Waals surface area contributed by atoms with Crippen LogP contribution in [0.15, 0.2) is 48.7 Å². The Kier molecular flexibility index (Phi) is 3.83. The van der Waals surface area contributed by atoms with Gasteiger partial charge < -0.3 is 10.2 Å². The second kappa shape index (κ2) is 6.69. The van der Waals surface area contributed by atoms with Gasteiger partial charge in [0.1, 0.15) is 11.5 Å². The van der Waals surface area contributed by atoms with Crippen molar-refractivity contribution in [2.75, 3.05) is 11.9 Å². The first-order chi connectivity index (χ1) is 14.7. The lowest BCUT2D eigenvalue weighted by molar-refractivity contribution is 0.0732. The molecule has 0 fully saturated rings. The Morgan fingerprint density at radius 1 is 1.07 bits per heavy atom. The summed E-state index contributed by atoms with van der Waals surface area (Å²) in [5, 5.41) is 19.1. The number of benzene rings is 1. The van der Waals surface area contributed by atoms with Crippen LogP contribution in [0.1, 0.15) is 32.9 Å². The maximum atomic E-state index is 13.0. The van der Waals surface area contributed by atoms with E-state index in [2.05, 4.69) is 50.1 Å². The smallest absolute Gasteiger partial charge is 0.254 e. The van der Waals surface area contributed by atoms with Gasteiger partial charge in [0.25, 0.3) is 5.91 Å². The second-order valence-electron chi connectivity index (χ2n) is 8.03. The van der Waals surface area contributed by atoms with Crippen LogP contribution in [0.4, 0.5) is 5.82 Å². The molecule has 0 saturated heterocycles. The van der Waals surface area contributed by atoms with Crippen molar-refractivity contribution in [3.05, 3.63) is 76.7 Å². The molecule has 2 aliphatic rings. The number of aromatic amines is 1. The van der Waals surface area contributed by atoms with E-state index in [0.29, 0.717) is 24.7 Å². The Bertz CT molecular complexity index is 1230. The molecule has 1 aromatic carbocycles. The quantitative estimate of drug-likeness (QED) is 0.551. The number of H-pyrrole nitrogens is 1. The molecular weight excluding hydrogens is 378 g/mol. The van der Waals surface area contributed by atoms with E-state index in [1.807, 2.05) is 33.8 Å². The predicted octanol–water partition coefficient (Wildman–Crippen LogP) is 2.23. The number of hydrogen-bond donors (Lipinski definition) is 2. The van der Waals surface area contributed by atoms with Gasteiger partial charge in [-0.2, -0.15) is 20.5 Å². The largest absolute Gasteiger partial charge is 0.365 e. The molecule has 3 aromatic heterocycles. The molecule has 8 nitrogen and oxygen atoms in total. The van der Waals surface area contributed by atoms with E-state index < -0.39 is 0 Å². The molecule has 0 radical (unpaired) electrons. The number of carbonyl (C=O) groups is 1. The maximum Gasteiger partial charge on any atom is 0.254 e. The van der Waals surface area contributed by atoms with E-state index >= 15 is 0 Å². The monoisotopic (exact) mass is 399 g/mol. The SMILES string of the molecule is O=C(c1ccn2nc(NC3Cc4ccccc4C3)cc2c1)N1CCc2n[nH]nc2C1. The standard InChI is InChI=1S/C22H21N7O/c30-22(28-7-6-19-20(13-28)25-27-24-19)16-5-8-29-18(11-16)12-21(26-29)23-17-9-14-3-1-2-4-15(14)10-17/h1-5,8,11-12,17H,6-7,9-10,13H2,(H,23,26)(H,24,25,27). The molecule has 1 amide bonds. The molecule has 2 N–H and O–H groups in total.